The van der Waals surface area contributed by atoms with Gasteiger partial charge >= 0.3 is 5.97 Å². The van der Waals surface area contributed by atoms with Gasteiger partial charge in [-0.05, 0) is 37.0 Å². The average molecular weight is 291 g/mol. The van der Waals surface area contributed by atoms with E-state index in [1.54, 1.807) is 12.0 Å². The van der Waals surface area contributed by atoms with Gasteiger partial charge in [0.25, 0.3) is 0 Å². The molecule has 1 amide bonds. The van der Waals surface area contributed by atoms with Crippen molar-refractivity contribution in [2.75, 3.05) is 20.2 Å². The highest BCUT2D eigenvalue weighted by atomic mass is 16.5. The van der Waals surface area contributed by atoms with Crippen LogP contribution in [0.25, 0.3) is 0 Å². The molecule has 1 saturated heterocycles. The van der Waals surface area contributed by atoms with Gasteiger partial charge in [0.05, 0.1) is 19.4 Å². The zero-order valence-corrected chi connectivity index (χ0v) is 12.5. The number of aliphatic carboxylic acids is 1. The van der Waals surface area contributed by atoms with Gasteiger partial charge in [0.15, 0.2) is 0 Å². The Bertz CT molecular complexity index is 533. The molecule has 1 aliphatic rings. The molecular weight excluding hydrogens is 270 g/mol. The average Bonchev–Trinajstić information content (AvgIpc) is 2.49. The van der Waals surface area contributed by atoms with Gasteiger partial charge in [0.2, 0.25) is 5.91 Å². The van der Waals surface area contributed by atoms with Crippen LogP contribution >= 0.6 is 0 Å². The molecule has 21 heavy (non-hydrogen) atoms. The molecule has 1 fully saturated rings. The SMILES string of the molecule is COc1cc(CC(=O)N2CCC(C(=O)O)CC2)ccc1C. The highest BCUT2D eigenvalue weighted by Crippen LogP contribution is 2.21. The number of amides is 1. The van der Waals surface area contributed by atoms with Gasteiger partial charge in [-0.15, -0.1) is 0 Å². The van der Waals surface area contributed by atoms with Crippen molar-refractivity contribution >= 4 is 11.9 Å². The second-order valence-electron chi connectivity index (χ2n) is 5.47. The molecule has 5 nitrogen and oxygen atoms in total. The monoisotopic (exact) mass is 291 g/mol. The summed E-state index contributed by atoms with van der Waals surface area (Å²) in [7, 11) is 1.62. The summed E-state index contributed by atoms with van der Waals surface area (Å²) in [6, 6.07) is 5.76. The Morgan fingerprint density at radius 3 is 2.57 bits per heavy atom. The van der Waals surface area contributed by atoms with Crippen molar-refractivity contribution in [3.05, 3.63) is 29.3 Å². The normalized spacial score (nSPS) is 15.8. The first-order valence-corrected chi connectivity index (χ1v) is 7.15. The van der Waals surface area contributed by atoms with Crippen LogP contribution in [0, 0.1) is 12.8 Å². The summed E-state index contributed by atoms with van der Waals surface area (Å²) < 4.78 is 5.26. The molecule has 1 heterocycles. The van der Waals surface area contributed by atoms with E-state index < -0.39 is 5.97 Å². The van der Waals surface area contributed by atoms with Gasteiger partial charge in [-0.2, -0.15) is 0 Å². The number of carboxylic acid groups (broad SMARTS) is 1. The molecule has 0 aromatic heterocycles. The molecule has 0 unspecified atom stereocenters. The standard InChI is InChI=1S/C16H21NO4/c1-11-3-4-12(9-14(11)21-2)10-15(18)17-7-5-13(6-8-17)16(19)20/h3-4,9,13H,5-8,10H2,1-2H3,(H,19,20). The molecule has 1 aromatic carbocycles. The summed E-state index contributed by atoms with van der Waals surface area (Å²) in [6.07, 6.45) is 1.41. The Morgan fingerprint density at radius 2 is 2.00 bits per heavy atom. The Kier molecular flexibility index (Phi) is 4.83. The minimum atomic E-state index is -0.759. The molecule has 0 spiro atoms. The van der Waals surface area contributed by atoms with Crippen LogP contribution in [0.3, 0.4) is 0 Å². The van der Waals surface area contributed by atoms with E-state index >= 15 is 0 Å². The molecule has 1 aromatic rings. The maximum absolute atomic E-state index is 12.3. The molecule has 114 valence electrons. The Hall–Kier alpha value is -2.04. The van der Waals surface area contributed by atoms with Crippen LogP contribution in [0.5, 0.6) is 5.75 Å². The van der Waals surface area contributed by atoms with Gasteiger partial charge in [-0.3, -0.25) is 9.59 Å². The molecule has 0 radical (unpaired) electrons. The van der Waals surface area contributed by atoms with Crippen molar-refractivity contribution in [2.45, 2.75) is 26.2 Å². The van der Waals surface area contributed by atoms with Crippen LogP contribution in [0.4, 0.5) is 0 Å². The number of methoxy groups -OCH3 is 1. The van der Waals surface area contributed by atoms with Crippen molar-refractivity contribution in [3.63, 3.8) is 0 Å². The molecule has 0 atom stereocenters. The maximum Gasteiger partial charge on any atom is 0.306 e. The number of rotatable bonds is 4. The number of ether oxygens (including phenoxy) is 1. The fraction of sp³-hybridized carbons (Fsp3) is 0.500. The smallest absolute Gasteiger partial charge is 0.306 e. The van der Waals surface area contributed by atoms with Gasteiger partial charge in [-0.25, -0.2) is 0 Å². The zero-order valence-electron chi connectivity index (χ0n) is 12.5. The van der Waals surface area contributed by atoms with Gasteiger partial charge in [0.1, 0.15) is 5.75 Å². The lowest BCUT2D eigenvalue weighted by atomic mass is 9.96. The molecule has 0 saturated carbocycles. The van der Waals surface area contributed by atoms with E-state index in [0.29, 0.717) is 32.4 Å². The molecule has 0 bridgehead atoms. The van der Waals surface area contributed by atoms with Crippen molar-refractivity contribution < 1.29 is 19.4 Å². The fourth-order valence-corrected chi connectivity index (χ4v) is 2.64. The van der Waals surface area contributed by atoms with Gasteiger partial charge in [-0.1, -0.05) is 12.1 Å². The third kappa shape index (κ3) is 3.74. The molecule has 1 aliphatic heterocycles. The second kappa shape index (κ2) is 6.61. The number of likely N-dealkylation sites (tertiary alicyclic amines) is 1. The van der Waals surface area contributed by atoms with Crippen LogP contribution in [0.1, 0.15) is 24.0 Å². The number of nitrogens with zero attached hydrogens (tertiary/aromatic N) is 1. The predicted molar refractivity (Wildman–Crippen MR) is 78.4 cm³/mol. The van der Waals surface area contributed by atoms with Crippen molar-refractivity contribution in [3.8, 4) is 5.75 Å². The zero-order chi connectivity index (χ0) is 15.4. The Labute approximate surface area is 124 Å². The summed E-state index contributed by atoms with van der Waals surface area (Å²) in [4.78, 5) is 24.9. The summed E-state index contributed by atoms with van der Waals surface area (Å²) >= 11 is 0. The number of aryl methyl sites for hydroxylation is 1. The number of carbonyl (C=O) groups excluding carboxylic acids is 1. The number of benzene rings is 1. The lowest BCUT2D eigenvalue weighted by Crippen LogP contribution is -2.40. The third-order valence-electron chi connectivity index (χ3n) is 4.02. The highest BCUT2D eigenvalue weighted by molar-refractivity contribution is 5.79. The lowest BCUT2D eigenvalue weighted by Gasteiger charge is -2.30. The minimum Gasteiger partial charge on any atom is -0.496 e. The number of carbonyl (C=O) groups is 2. The van der Waals surface area contributed by atoms with Crippen molar-refractivity contribution in [1.29, 1.82) is 0 Å². The maximum atomic E-state index is 12.3. The van der Waals surface area contributed by atoms with Crippen LogP contribution in [-0.2, 0) is 16.0 Å². The first kappa shape index (κ1) is 15.4. The molecule has 2 rings (SSSR count). The lowest BCUT2D eigenvalue weighted by molar-refractivity contribution is -0.145. The van der Waals surface area contributed by atoms with Crippen LogP contribution in [0.15, 0.2) is 18.2 Å². The summed E-state index contributed by atoms with van der Waals surface area (Å²) in [5.41, 5.74) is 1.96. The molecule has 1 N–H and O–H groups in total. The largest absolute Gasteiger partial charge is 0.496 e. The molecular formula is C16H21NO4. The van der Waals surface area contributed by atoms with E-state index in [4.69, 9.17) is 9.84 Å². The highest BCUT2D eigenvalue weighted by Gasteiger charge is 2.26. The quantitative estimate of drug-likeness (QED) is 0.919. The summed E-state index contributed by atoms with van der Waals surface area (Å²) in [5, 5.41) is 8.96. The fourth-order valence-electron chi connectivity index (χ4n) is 2.64. The predicted octanol–water partition coefficient (Wildman–Crippen LogP) is 1.87. The van der Waals surface area contributed by atoms with E-state index in [0.717, 1.165) is 16.9 Å². The number of carboxylic acids is 1. The first-order valence-electron chi connectivity index (χ1n) is 7.15. The van der Waals surface area contributed by atoms with Crippen molar-refractivity contribution in [2.24, 2.45) is 5.92 Å². The first-order chi connectivity index (χ1) is 10.0. The molecule has 5 heteroatoms. The van der Waals surface area contributed by atoms with Gasteiger partial charge in [0, 0.05) is 13.1 Å². The minimum absolute atomic E-state index is 0.0461. The Morgan fingerprint density at radius 1 is 1.33 bits per heavy atom. The summed E-state index contributed by atoms with van der Waals surface area (Å²) in [5.74, 6) is -0.242. The summed E-state index contributed by atoms with van der Waals surface area (Å²) in [6.45, 7) is 3.01. The molecule has 0 aliphatic carbocycles. The Balaban J connectivity index is 1.95. The number of piperidine rings is 1. The van der Waals surface area contributed by atoms with E-state index in [-0.39, 0.29) is 11.8 Å². The number of hydrogen-bond acceptors (Lipinski definition) is 3. The van der Waals surface area contributed by atoms with Crippen LogP contribution in [0.2, 0.25) is 0 Å². The van der Waals surface area contributed by atoms with E-state index in [9.17, 15) is 9.59 Å². The topological polar surface area (TPSA) is 66.8 Å². The van der Waals surface area contributed by atoms with E-state index in [2.05, 4.69) is 0 Å². The van der Waals surface area contributed by atoms with Crippen LogP contribution < -0.4 is 4.74 Å². The van der Waals surface area contributed by atoms with E-state index in [1.807, 2.05) is 25.1 Å². The number of hydrogen-bond donors (Lipinski definition) is 1. The van der Waals surface area contributed by atoms with Crippen molar-refractivity contribution in [1.82, 2.24) is 4.90 Å². The van der Waals surface area contributed by atoms with Gasteiger partial charge < -0.3 is 14.7 Å². The van der Waals surface area contributed by atoms with Crippen LogP contribution in [-0.4, -0.2) is 42.1 Å². The third-order valence-corrected chi connectivity index (χ3v) is 4.02. The van der Waals surface area contributed by atoms with E-state index in [1.165, 1.54) is 0 Å². The second-order valence-corrected chi connectivity index (χ2v) is 5.47.